The molecule has 0 bridgehead atoms. The topological polar surface area (TPSA) is 80.3 Å². The Morgan fingerprint density at radius 1 is 0.351 bits per heavy atom. The number of rotatable bonds is 28. The van der Waals surface area contributed by atoms with Crippen LogP contribution in [0.2, 0.25) is 0 Å². The van der Waals surface area contributed by atoms with Crippen LogP contribution >= 0.6 is 0 Å². The molecule has 0 aromatic heterocycles. The number of unbranched alkanes of at least 4 members (excludes halogenated alkanes) is 24. The van der Waals surface area contributed by atoms with Crippen molar-refractivity contribution >= 4 is 11.9 Å². The molecule has 0 aromatic rings. The zero-order valence-electron chi connectivity index (χ0n) is 24.8. The quantitative estimate of drug-likeness (QED) is 0.0886. The molecule has 5 heteroatoms. The maximum atomic E-state index is 10.2. The van der Waals surface area contributed by atoms with Crippen LogP contribution in [0, 0.1) is 0 Å². The summed E-state index contributed by atoms with van der Waals surface area (Å²) in [5.74, 6) is -1.81. The third-order valence-corrected chi connectivity index (χ3v) is 6.97. The molecule has 0 spiro atoms. The molecule has 0 aliphatic heterocycles. The first-order chi connectivity index (χ1) is 17.5. The van der Waals surface area contributed by atoms with Crippen LogP contribution in [0.1, 0.15) is 194 Å². The predicted octanol–water partition coefficient (Wildman–Crippen LogP) is 8.43. The van der Waals surface area contributed by atoms with Crippen molar-refractivity contribution in [3.63, 3.8) is 0 Å². The summed E-state index contributed by atoms with van der Waals surface area (Å²) in [5.41, 5.74) is 0. The molecule has 0 fully saturated rings. The molecule has 0 saturated heterocycles. The molecule has 0 aliphatic rings. The second-order valence-corrected chi connectivity index (χ2v) is 10.7. The van der Waals surface area contributed by atoms with Gasteiger partial charge in [0.2, 0.25) is 0 Å². The van der Waals surface area contributed by atoms with Gasteiger partial charge in [-0.25, -0.2) is 0 Å². The Bertz CT molecular complexity index is 403. The minimum Gasteiger partial charge on any atom is -0.550 e. The Kier molecular flexibility index (Phi) is 41.6. The van der Waals surface area contributed by atoms with Crippen LogP contribution in [0.4, 0.5) is 0 Å². The molecule has 37 heavy (non-hydrogen) atoms. The van der Waals surface area contributed by atoms with E-state index in [2.05, 4.69) is 13.8 Å². The fourth-order valence-electron chi connectivity index (χ4n) is 4.57. The molecule has 0 aliphatic carbocycles. The van der Waals surface area contributed by atoms with Gasteiger partial charge in [0.15, 0.2) is 0 Å². The van der Waals surface area contributed by atoms with Gasteiger partial charge < -0.3 is 19.8 Å². The van der Waals surface area contributed by atoms with Gasteiger partial charge in [-0.1, -0.05) is 168 Å². The molecule has 0 rings (SSSR count). The molecular weight excluding hydrogens is 507 g/mol. The van der Waals surface area contributed by atoms with Gasteiger partial charge in [0.25, 0.3) is 0 Å². The van der Waals surface area contributed by atoms with Gasteiger partial charge in [0, 0.05) is 11.9 Å². The summed E-state index contributed by atoms with van der Waals surface area (Å²) in [6.45, 7) is 4.51. The van der Waals surface area contributed by atoms with Crippen LogP contribution in [0.5, 0.6) is 0 Å². The van der Waals surface area contributed by atoms with Gasteiger partial charge in [0.1, 0.15) is 0 Å². The van der Waals surface area contributed by atoms with Crippen molar-refractivity contribution in [1.82, 2.24) is 0 Å². The molecule has 0 unspecified atom stereocenters. The van der Waals surface area contributed by atoms with E-state index in [4.69, 9.17) is 0 Å². The molecular formula is C32H62CoO4. The van der Waals surface area contributed by atoms with E-state index >= 15 is 0 Å². The molecule has 223 valence electrons. The summed E-state index contributed by atoms with van der Waals surface area (Å²) in [4.78, 5) is 20.4. The average Bonchev–Trinajstić information content (AvgIpc) is 2.85. The van der Waals surface area contributed by atoms with Gasteiger partial charge in [-0.3, -0.25) is 0 Å². The van der Waals surface area contributed by atoms with Crippen LogP contribution in [-0.2, 0) is 26.4 Å². The number of hydrogen-bond acceptors (Lipinski definition) is 4. The summed E-state index contributed by atoms with van der Waals surface area (Å²) in [6.07, 6.45) is 33.9. The van der Waals surface area contributed by atoms with E-state index in [0.29, 0.717) is 0 Å². The number of hydrogen-bond donors (Lipinski definition) is 0. The molecule has 1 radical (unpaired) electrons. The summed E-state index contributed by atoms with van der Waals surface area (Å²) >= 11 is 0. The summed E-state index contributed by atoms with van der Waals surface area (Å²) in [6, 6.07) is 0. The maximum absolute atomic E-state index is 10.2. The molecule has 0 saturated carbocycles. The first-order valence-corrected chi connectivity index (χ1v) is 15.9. The maximum Gasteiger partial charge on any atom is 2.00 e. The van der Waals surface area contributed by atoms with E-state index in [0.717, 1.165) is 25.7 Å². The minimum atomic E-state index is -0.905. The first kappa shape index (κ1) is 40.9. The number of carboxylic acid groups (broad SMARTS) is 2. The molecule has 0 atom stereocenters. The molecule has 0 heterocycles. The van der Waals surface area contributed by atoms with Crippen LogP contribution < -0.4 is 10.2 Å². The minimum absolute atomic E-state index is 0. The van der Waals surface area contributed by atoms with Crippen molar-refractivity contribution in [2.75, 3.05) is 0 Å². The Morgan fingerprint density at radius 2 is 0.514 bits per heavy atom. The van der Waals surface area contributed by atoms with Crippen molar-refractivity contribution in [3.05, 3.63) is 0 Å². The monoisotopic (exact) mass is 569 g/mol. The second-order valence-electron chi connectivity index (χ2n) is 10.7. The van der Waals surface area contributed by atoms with Gasteiger partial charge in [-0.05, 0) is 25.7 Å². The van der Waals surface area contributed by atoms with E-state index < -0.39 is 11.9 Å². The van der Waals surface area contributed by atoms with Crippen LogP contribution in [0.3, 0.4) is 0 Å². The van der Waals surface area contributed by atoms with E-state index in [9.17, 15) is 19.8 Å². The number of carbonyl (C=O) groups is 2. The van der Waals surface area contributed by atoms with Crippen molar-refractivity contribution in [3.8, 4) is 0 Å². The smallest absolute Gasteiger partial charge is 0.550 e. The molecule has 0 N–H and O–H groups in total. The van der Waals surface area contributed by atoms with Gasteiger partial charge in [0.05, 0.1) is 0 Å². The summed E-state index contributed by atoms with van der Waals surface area (Å²) < 4.78 is 0. The first-order valence-electron chi connectivity index (χ1n) is 15.9. The summed E-state index contributed by atoms with van der Waals surface area (Å²) in [7, 11) is 0. The van der Waals surface area contributed by atoms with Gasteiger partial charge in [-0.2, -0.15) is 0 Å². The predicted molar refractivity (Wildman–Crippen MR) is 151 cm³/mol. The second kappa shape index (κ2) is 37.6. The molecule has 0 aromatic carbocycles. The van der Waals surface area contributed by atoms with Crippen LogP contribution in [0.15, 0.2) is 0 Å². The normalized spacial score (nSPS) is 10.4. The summed E-state index contributed by atoms with van der Waals surface area (Å²) in [5, 5.41) is 20.4. The molecule has 4 nitrogen and oxygen atoms in total. The number of aliphatic carboxylic acids is 2. The Morgan fingerprint density at radius 3 is 0.676 bits per heavy atom. The molecule has 0 amide bonds. The Hall–Kier alpha value is -0.554. The van der Waals surface area contributed by atoms with E-state index in [1.54, 1.807) is 0 Å². The fourth-order valence-corrected chi connectivity index (χ4v) is 4.57. The zero-order chi connectivity index (χ0) is 27.0. The fraction of sp³-hybridized carbons (Fsp3) is 0.938. The Balaban J connectivity index is -0.000000608. The Labute approximate surface area is 241 Å². The van der Waals surface area contributed by atoms with Crippen LogP contribution in [0.25, 0.3) is 0 Å². The van der Waals surface area contributed by atoms with Crippen molar-refractivity contribution in [1.29, 1.82) is 0 Å². The third kappa shape index (κ3) is 45.7. The third-order valence-electron chi connectivity index (χ3n) is 6.97. The largest absolute Gasteiger partial charge is 2.00 e. The van der Waals surface area contributed by atoms with Gasteiger partial charge >= 0.3 is 16.8 Å². The van der Waals surface area contributed by atoms with Gasteiger partial charge in [-0.15, -0.1) is 0 Å². The van der Waals surface area contributed by atoms with E-state index in [-0.39, 0.29) is 29.6 Å². The number of carboxylic acids is 2. The van der Waals surface area contributed by atoms with Crippen molar-refractivity contribution in [2.45, 2.75) is 194 Å². The van der Waals surface area contributed by atoms with Crippen molar-refractivity contribution in [2.24, 2.45) is 0 Å². The van der Waals surface area contributed by atoms with Crippen LogP contribution in [-0.4, -0.2) is 11.9 Å². The average molecular weight is 570 g/mol. The van der Waals surface area contributed by atoms with E-state index in [1.165, 1.54) is 141 Å². The zero-order valence-corrected chi connectivity index (χ0v) is 25.8. The van der Waals surface area contributed by atoms with Crippen molar-refractivity contribution < 1.29 is 36.6 Å². The standard InChI is InChI=1S/2C16H32O2.Co/c2*1-2-3-4-5-6-7-8-9-10-11-12-13-14-15-16(17)18;/h2*2-15H2,1H3,(H,17,18);/q;;+2/p-2. The SMILES string of the molecule is CCCCCCCCCCCCCCCC(=O)[O-].CCCCCCCCCCCCCCCC(=O)[O-].[Co+2]. The van der Waals surface area contributed by atoms with E-state index in [1.807, 2.05) is 0 Å². The number of carbonyl (C=O) groups excluding carboxylic acids is 2.